The van der Waals surface area contributed by atoms with Crippen LogP contribution in [0.15, 0.2) is 21.3 Å². The first-order valence-corrected chi connectivity index (χ1v) is 10.3. The Labute approximate surface area is 161 Å². The summed E-state index contributed by atoms with van der Waals surface area (Å²) in [6.45, 7) is 1.67. The number of aliphatic hydroxyl groups excluding tert-OH is 1. The van der Waals surface area contributed by atoms with E-state index in [1.54, 1.807) is 19.1 Å². The van der Waals surface area contributed by atoms with Gasteiger partial charge in [0.1, 0.15) is 17.1 Å². The number of amides is 1. The Balaban J connectivity index is 1.93. The van der Waals surface area contributed by atoms with Crippen LogP contribution in [0, 0.1) is 6.92 Å². The van der Waals surface area contributed by atoms with Crippen LogP contribution in [0.4, 0.5) is 0 Å². The number of aryl methyl sites for hydroxylation is 1. The summed E-state index contributed by atoms with van der Waals surface area (Å²) < 4.78 is 39.0. The molecule has 1 saturated heterocycles. The molecule has 1 aromatic carbocycles. The molecule has 1 fully saturated rings. The molecule has 0 radical (unpaired) electrons. The Kier molecular flexibility index (Phi) is 5.35. The molecule has 0 saturated carbocycles. The van der Waals surface area contributed by atoms with Gasteiger partial charge in [-0.1, -0.05) is 0 Å². The predicted octanol–water partition coefficient (Wildman–Crippen LogP) is -0.0648. The molecule has 2 atom stereocenters. The minimum Gasteiger partial charge on any atom is -0.496 e. The van der Waals surface area contributed by atoms with Crippen LogP contribution in [0.1, 0.15) is 11.1 Å². The number of hydrogen-bond acceptors (Lipinski definition) is 8. The third kappa shape index (κ3) is 3.83. The van der Waals surface area contributed by atoms with E-state index in [1.165, 1.54) is 14.2 Å². The van der Waals surface area contributed by atoms with Crippen molar-refractivity contribution in [3.63, 3.8) is 0 Å². The molecule has 1 aromatic heterocycles. The summed E-state index contributed by atoms with van der Waals surface area (Å²) in [5.74, 6) is -0.431. The summed E-state index contributed by atoms with van der Waals surface area (Å²) >= 11 is 0. The molecule has 152 valence electrons. The summed E-state index contributed by atoms with van der Waals surface area (Å²) in [5.41, 5.74) is 0.222. The number of aliphatic hydroxyl groups is 1. The van der Waals surface area contributed by atoms with Crippen LogP contribution in [0.2, 0.25) is 0 Å². The Morgan fingerprint density at radius 3 is 2.57 bits per heavy atom. The van der Waals surface area contributed by atoms with Gasteiger partial charge in [-0.3, -0.25) is 4.79 Å². The van der Waals surface area contributed by atoms with Crippen molar-refractivity contribution >= 4 is 26.7 Å². The lowest BCUT2D eigenvalue weighted by molar-refractivity contribution is -0.121. The van der Waals surface area contributed by atoms with Crippen LogP contribution < -0.4 is 20.4 Å². The lowest BCUT2D eigenvalue weighted by Crippen LogP contribution is -2.43. The Bertz CT molecular complexity index is 1090. The SMILES string of the molecule is COc1cc(OC)c2c(C)c(CC(=O)N[C@H]3CS(=O)(=O)C[C@H]3O)c(=O)oc2c1. The number of carbonyl (C=O) groups is 1. The summed E-state index contributed by atoms with van der Waals surface area (Å²) in [4.78, 5) is 24.8. The van der Waals surface area contributed by atoms with Crippen molar-refractivity contribution in [1.29, 1.82) is 0 Å². The highest BCUT2D eigenvalue weighted by Gasteiger charge is 2.37. The average Bonchev–Trinajstić information content (AvgIpc) is 2.88. The van der Waals surface area contributed by atoms with E-state index in [2.05, 4.69) is 5.32 Å². The molecular formula is C18H21NO8S. The third-order valence-corrected chi connectivity index (χ3v) is 6.49. The predicted molar refractivity (Wildman–Crippen MR) is 101 cm³/mol. The van der Waals surface area contributed by atoms with Crippen LogP contribution >= 0.6 is 0 Å². The third-order valence-electron chi connectivity index (χ3n) is 4.78. The van der Waals surface area contributed by atoms with Gasteiger partial charge in [0.25, 0.3) is 0 Å². The quantitative estimate of drug-likeness (QED) is 0.654. The number of methoxy groups -OCH3 is 2. The number of carbonyl (C=O) groups excluding carboxylic acids is 1. The highest BCUT2D eigenvalue weighted by molar-refractivity contribution is 7.91. The molecule has 0 spiro atoms. The lowest BCUT2D eigenvalue weighted by Gasteiger charge is -2.16. The molecule has 1 aliphatic rings. The average molecular weight is 411 g/mol. The molecule has 0 unspecified atom stereocenters. The Morgan fingerprint density at radius 2 is 2.00 bits per heavy atom. The van der Waals surface area contributed by atoms with E-state index in [0.29, 0.717) is 22.4 Å². The van der Waals surface area contributed by atoms with Crippen LogP contribution in [0.5, 0.6) is 11.5 Å². The maximum atomic E-state index is 12.4. The molecule has 0 bridgehead atoms. The van der Waals surface area contributed by atoms with Crippen molar-refractivity contribution in [3.8, 4) is 11.5 Å². The van der Waals surface area contributed by atoms with E-state index in [-0.39, 0.29) is 23.3 Å². The van der Waals surface area contributed by atoms with E-state index >= 15 is 0 Å². The van der Waals surface area contributed by atoms with E-state index < -0.39 is 39.3 Å². The molecule has 2 N–H and O–H groups in total. The maximum Gasteiger partial charge on any atom is 0.340 e. The molecule has 10 heteroatoms. The topological polar surface area (TPSA) is 132 Å². The smallest absolute Gasteiger partial charge is 0.340 e. The molecule has 2 aromatic rings. The lowest BCUT2D eigenvalue weighted by atomic mass is 10.0. The second-order valence-corrected chi connectivity index (χ2v) is 8.84. The number of rotatable bonds is 5. The Morgan fingerprint density at radius 1 is 1.29 bits per heavy atom. The normalized spacial score (nSPS) is 20.9. The van der Waals surface area contributed by atoms with Crippen molar-refractivity contribution < 1.29 is 32.2 Å². The molecule has 28 heavy (non-hydrogen) atoms. The number of ether oxygens (including phenoxy) is 2. The number of benzene rings is 1. The summed E-state index contributed by atoms with van der Waals surface area (Å²) in [7, 11) is -0.458. The number of fused-ring (bicyclic) bond motifs is 1. The van der Waals surface area contributed by atoms with E-state index in [4.69, 9.17) is 13.9 Å². The van der Waals surface area contributed by atoms with Crippen molar-refractivity contribution in [1.82, 2.24) is 5.32 Å². The van der Waals surface area contributed by atoms with Crippen molar-refractivity contribution in [2.75, 3.05) is 25.7 Å². The summed E-state index contributed by atoms with van der Waals surface area (Å²) in [6, 6.07) is 2.29. The van der Waals surface area contributed by atoms with Gasteiger partial charge < -0.3 is 24.3 Å². The van der Waals surface area contributed by atoms with Gasteiger partial charge in [0.2, 0.25) is 5.91 Å². The van der Waals surface area contributed by atoms with Crippen LogP contribution in [-0.2, 0) is 21.1 Å². The van der Waals surface area contributed by atoms with E-state index in [9.17, 15) is 23.1 Å². The highest BCUT2D eigenvalue weighted by Crippen LogP contribution is 2.33. The summed E-state index contributed by atoms with van der Waals surface area (Å²) in [6.07, 6.45) is -1.49. The minimum absolute atomic E-state index is 0.129. The first kappa shape index (κ1) is 20.2. The molecule has 3 rings (SSSR count). The fourth-order valence-corrected chi connectivity index (χ4v) is 5.09. The maximum absolute atomic E-state index is 12.4. The fourth-order valence-electron chi connectivity index (χ4n) is 3.35. The van der Waals surface area contributed by atoms with Gasteiger partial charge in [-0.15, -0.1) is 0 Å². The van der Waals surface area contributed by atoms with Gasteiger partial charge >= 0.3 is 5.63 Å². The fraction of sp³-hybridized carbons (Fsp3) is 0.444. The summed E-state index contributed by atoms with van der Waals surface area (Å²) in [5, 5.41) is 12.8. The van der Waals surface area contributed by atoms with Crippen LogP contribution in [0.25, 0.3) is 11.0 Å². The van der Waals surface area contributed by atoms with Crippen LogP contribution in [-0.4, -0.2) is 57.3 Å². The first-order chi connectivity index (χ1) is 13.1. The number of sulfone groups is 1. The Hall–Kier alpha value is -2.59. The van der Waals surface area contributed by atoms with E-state index in [0.717, 1.165) is 0 Å². The monoisotopic (exact) mass is 411 g/mol. The highest BCUT2D eigenvalue weighted by atomic mass is 32.2. The van der Waals surface area contributed by atoms with Gasteiger partial charge in [-0.05, 0) is 12.5 Å². The largest absolute Gasteiger partial charge is 0.496 e. The van der Waals surface area contributed by atoms with Gasteiger partial charge in [-0.25, -0.2) is 13.2 Å². The zero-order valence-electron chi connectivity index (χ0n) is 15.6. The van der Waals surface area contributed by atoms with Gasteiger partial charge in [-0.2, -0.15) is 0 Å². The van der Waals surface area contributed by atoms with Gasteiger partial charge in [0, 0.05) is 12.1 Å². The standard InChI is InChI=1S/C18H21NO8S/c1-9-11(6-16(21)19-12-7-28(23,24)8-13(12)20)18(22)27-15-5-10(25-2)4-14(26-3)17(9)15/h4-5,12-13,20H,6-8H2,1-3H3,(H,19,21)/t12-,13+/m0/s1. The zero-order chi connectivity index (χ0) is 20.6. The van der Waals surface area contributed by atoms with E-state index in [1.807, 2.05) is 0 Å². The van der Waals surface area contributed by atoms with Gasteiger partial charge in [0.05, 0.1) is 55.2 Å². The van der Waals surface area contributed by atoms with Crippen molar-refractivity contribution in [2.24, 2.45) is 0 Å². The number of nitrogens with one attached hydrogen (secondary N) is 1. The first-order valence-electron chi connectivity index (χ1n) is 8.51. The second-order valence-electron chi connectivity index (χ2n) is 6.69. The minimum atomic E-state index is -3.40. The molecule has 1 aliphatic heterocycles. The van der Waals surface area contributed by atoms with Crippen molar-refractivity contribution in [3.05, 3.63) is 33.7 Å². The molecule has 2 heterocycles. The second kappa shape index (κ2) is 7.44. The van der Waals surface area contributed by atoms with Gasteiger partial charge in [0.15, 0.2) is 9.84 Å². The van der Waals surface area contributed by atoms with Crippen molar-refractivity contribution in [2.45, 2.75) is 25.5 Å². The number of hydrogen-bond donors (Lipinski definition) is 2. The molecule has 0 aliphatic carbocycles. The zero-order valence-corrected chi connectivity index (χ0v) is 16.5. The molecule has 1 amide bonds. The van der Waals surface area contributed by atoms with Crippen LogP contribution in [0.3, 0.4) is 0 Å². The molecule has 9 nitrogen and oxygen atoms in total. The molecular weight excluding hydrogens is 390 g/mol.